The largest absolute Gasteiger partial charge is 0.466 e. The Bertz CT molecular complexity index is 459. The van der Waals surface area contributed by atoms with E-state index in [4.69, 9.17) is 9.47 Å². The summed E-state index contributed by atoms with van der Waals surface area (Å²) in [5.41, 5.74) is 0.833. The number of hydrogen-bond donors (Lipinski definition) is 0. The zero-order valence-corrected chi connectivity index (χ0v) is 12.1. The van der Waals surface area contributed by atoms with Crippen LogP contribution in [0.2, 0.25) is 0 Å². The number of carbonyl (C=O) groups excluding carboxylic acids is 1. The minimum absolute atomic E-state index is 0.121. The summed E-state index contributed by atoms with van der Waals surface area (Å²) in [4.78, 5) is 22.3. The molecule has 1 aliphatic rings. The van der Waals surface area contributed by atoms with Gasteiger partial charge < -0.3 is 14.4 Å². The monoisotopic (exact) mass is 279 g/mol. The van der Waals surface area contributed by atoms with Crippen LogP contribution in [0.4, 0.5) is 5.95 Å². The van der Waals surface area contributed by atoms with Gasteiger partial charge in [0.2, 0.25) is 11.8 Å². The summed E-state index contributed by atoms with van der Waals surface area (Å²) in [5.74, 6) is 0.720. The summed E-state index contributed by atoms with van der Waals surface area (Å²) >= 11 is 0. The Hall–Kier alpha value is -1.85. The van der Waals surface area contributed by atoms with Gasteiger partial charge in [-0.3, -0.25) is 0 Å². The third kappa shape index (κ3) is 4.08. The van der Waals surface area contributed by atoms with Crippen LogP contribution in [0.1, 0.15) is 31.9 Å². The van der Waals surface area contributed by atoms with Crippen molar-refractivity contribution in [2.75, 3.05) is 31.2 Å². The summed E-state index contributed by atoms with van der Waals surface area (Å²) in [6.45, 7) is 5.84. The lowest BCUT2D eigenvalue weighted by Gasteiger charge is -2.26. The molecule has 1 aromatic rings. The van der Waals surface area contributed by atoms with Crippen LogP contribution in [-0.2, 0) is 9.53 Å². The van der Waals surface area contributed by atoms with E-state index in [1.165, 1.54) is 6.42 Å². The van der Waals surface area contributed by atoms with E-state index in [-0.39, 0.29) is 12.6 Å². The molecule has 1 aromatic heterocycles. The topological polar surface area (TPSA) is 64.6 Å². The maximum atomic E-state index is 11.3. The molecule has 0 amide bonds. The van der Waals surface area contributed by atoms with E-state index >= 15 is 0 Å². The van der Waals surface area contributed by atoms with Crippen molar-refractivity contribution in [3.63, 3.8) is 0 Å². The van der Waals surface area contributed by atoms with Crippen LogP contribution >= 0.6 is 0 Å². The fourth-order valence-corrected chi connectivity index (χ4v) is 2.17. The first-order chi connectivity index (χ1) is 9.69. The highest BCUT2D eigenvalue weighted by molar-refractivity contribution is 5.71. The van der Waals surface area contributed by atoms with Gasteiger partial charge in [0.1, 0.15) is 0 Å². The molecule has 0 spiro atoms. The van der Waals surface area contributed by atoms with Gasteiger partial charge in [0.15, 0.2) is 6.61 Å². The lowest BCUT2D eigenvalue weighted by atomic mass is 10.1. The van der Waals surface area contributed by atoms with Gasteiger partial charge in [0.25, 0.3) is 0 Å². The SMILES string of the molecule is CCOC(=O)COc1cc(C)nc(N2CCCCC2)n1. The van der Waals surface area contributed by atoms with Crippen LogP contribution in [0.5, 0.6) is 5.88 Å². The molecular formula is C14H21N3O3. The molecule has 0 N–H and O–H groups in total. The molecule has 0 aromatic carbocycles. The van der Waals surface area contributed by atoms with E-state index in [1.807, 2.05) is 6.92 Å². The van der Waals surface area contributed by atoms with Crippen LogP contribution in [0, 0.1) is 6.92 Å². The van der Waals surface area contributed by atoms with E-state index in [2.05, 4.69) is 14.9 Å². The van der Waals surface area contributed by atoms with Crippen LogP contribution in [-0.4, -0.2) is 42.2 Å². The molecule has 0 radical (unpaired) electrons. The maximum Gasteiger partial charge on any atom is 0.344 e. The number of ether oxygens (including phenoxy) is 2. The second kappa shape index (κ2) is 7.07. The molecule has 6 nitrogen and oxygen atoms in total. The van der Waals surface area contributed by atoms with E-state index in [0.717, 1.165) is 31.6 Å². The van der Waals surface area contributed by atoms with Crippen molar-refractivity contribution < 1.29 is 14.3 Å². The Morgan fingerprint density at radius 1 is 1.30 bits per heavy atom. The molecule has 1 fully saturated rings. The fourth-order valence-electron chi connectivity index (χ4n) is 2.17. The highest BCUT2D eigenvalue weighted by Gasteiger charge is 2.15. The van der Waals surface area contributed by atoms with Gasteiger partial charge in [-0.1, -0.05) is 0 Å². The lowest BCUT2D eigenvalue weighted by Crippen LogP contribution is -2.31. The van der Waals surface area contributed by atoms with Crippen LogP contribution in [0.25, 0.3) is 0 Å². The number of rotatable bonds is 5. The molecule has 20 heavy (non-hydrogen) atoms. The van der Waals surface area contributed by atoms with E-state index in [9.17, 15) is 4.79 Å². The van der Waals surface area contributed by atoms with Gasteiger partial charge in [-0.05, 0) is 33.1 Å². The Morgan fingerprint density at radius 2 is 2.05 bits per heavy atom. The number of aromatic nitrogens is 2. The number of nitrogens with zero attached hydrogens (tertiary/aromatic N) is 3. The van der Waals surface area contributed by atoms with Crippen LogP contribution < -0.4 is 9.64 Å². The summed E-state index contributed by atoms with van der Waals surface area (Å²) < 4.78 is 10.2. The number of carbonyl (C=O) groups is 1. The highest BCUT2D eigenvalue weighted by Crippen LogP contribution is 2.19. The van der Waals surface area contributed by atoms with Gasteiger partial charge in [0, 0.05) is 24.8 Å². The van der Waals surface area contributed by atoms with Crippen LogP contribution in [0.3, 0.4) is 0 Å². The third-order valence-electron chi connectivity index (χ3n) is 3.10. The standard InChI is InChI=1S/C14H21N3O3/c1-3-19-13(18)10-20-12-9-11(2)15-14(16-12)17-7-5-4-6-8-17/h9H,3-8,10H2,1-2H3. The summed E-state index contributed by atoms with van der Waals surface area (Å²) in [7, 11) is 0. The second-order valence-electron chi connectivity index (χ2n) is 4.79. The predicted octanol–water partition coefficient (Wildman–Crippen LogP) is 1.72. The minimum atomic E-state index is -0.386. The normalized spacial score (nSPS) is 15.0. The van der Waals surface area contributed by atoms with Crippen molar-refractivity contribution >= 4 is 11.9 Å². The van der Waals surface area contributed by atoms with Crippen molar-refractivity contribution in [3.05, 3.63) is 11.8 Å². The Kier molecular flexibility index (Phi) is 5.15. The number of esters is 1. The fraction of sp³-hybridized carbons (Fsp3) is 0.643. The lowest BCUT2D eigenvalue weighted by molar-refractivity contribution is -0.145. The van der Waals surface area contributed by atoms with E-state index in [0.29, 0.717) is 18.4 Å². The zero-order chi connectivity index (χ0) is 14.4. The van der Waals surface area contributed by atoms with Gasteiger partial charge in [-0.25, -0.2) is 9.78 Å². The number of anilines is 1. The Morgan fingerprint density at radius 3 is 2.75 bits per heavy atom. The minimum Gasteiger partial charge on any atom is -0.466 e. The number of hydrogen-bond acceptors (Lipinski definition) is 6. The van der Waals surface area contributed by atoms with E-state index in [1.54, 1.807) is 13.0 Å². The molecule has 0 bridgehead atoms. The molecule has 0 unspecified atom stereocenters. The average molecular weight is 279 g/mol. The molecular weight excluding hydrogens is 258 g/mol. The molecule has 6 heteroatoms. The molecule has 110 valence electrons. The molecule has 1 aliphatic heterocycles. The first-order valence-corrected chi connectivity index (χ1v) is 7.08. The first kappa shape index (κ1) is 14.6. The summed E-state index contributed by atoms with van der Waals surface area (Å²) in [6.07, 6.45) is 3.58. The Balaban J connectivity index is 2.02. The Labute approximate surface area is 119 Å². The average Bonchev–Trinajstić information content (AvgIpc) is 2.46. The van der Waals surface area contributed by atoms with Crippen molar-refractivity contribution in [1.82, 2.24) is 9.97 Å². The molecule has 2 rings (SSSR count). The third-order valence-corrected chi connectivity index (χ3v) is 3.10. The molecule has 1 saturated heterocycles. The van der Waals surface area contributed by atoms with Crippen LogP contribution in [0.15, 0.2) is 6.07 Å². The number of piperidine rings is 1. The number of aryl methyl sites for hydroxylation is 1. The van der Waals surface area contributed by atoms with Crippen molar-refractivity contribution in [3.8, 4) is 5.88 Å². The molecule has 2 heterocycles. The zero-order valence-electron chi connectivity index (χ0n) is 12.1. The quantitative estimate of drug-likeness (QED) is 0.765. The maximum absolute atomic E-state index is 11.3. The summed E-state index contributed by atoms with van der Waals surface area (Å²) in [6, 6.07) is 1.73. The van der Waals surface area contributed by atoms with Crippen molar-refractivity contribution in [2.24, 2.45) is 0 Å². The highest BCUT2D eigenvalue weighted by atomic mass is 16.6. The summed E-state index contributed by atoms with van der Waals surface area (Å²) in [5, 5.41) is 0. The van der Waals surface area contributed by atoms with Gasteiger partial charge in [-0.2, -0.15) is 4.98 Å². The van der Waals surface area contributed by atoms with Gasteiger partial charge in [-0.15, -0.1) is 0 Å². The van der Waals surface area contributed by atoms with Crippen molar-refractivity contribution in [2.45, 2.75) is 33.1 Å². The molecule has 0 atom stereocenters. The molecule has 0 aliphatic carbocycles. The van der Waals surface area contributed by atoms with Gasteiger partial charge in [0.05, 0.1) is 6.61 Å². The smallest absolute Gasteiger partial charge is 0.344 e. The predicted molar refractivity (Wildman–Crippen MR) is 75.0 cm³/mol. The first-order valence-electron chi connectivity index (χ1n) is 7.08. The molecule has 0 saturated carbocycles. The van der Waals surface area contributed by atoms with Gasteiger partial charge >= 0.3 is 5.97 Å². The van der Waals surface area contributed by atoms with E-state index < -0.39 is 0 Å². The van der Waals surface area contributed by atoms with Crippen molar-refractivity contribution in [1.29, 1.82) is 0 Å². The second-order valence-corrected chi connectivity index (χ2v) is 4.79.